The molecule has 29 heavy (non-hydrogen) atoms. The van der Waals surface area contributed by atoms with E-state index in [4.69, 9.17) is 4.74 Å². The van der Waals surface area contributed by atoms with Crippen LogP contribution in [-0.2, 0) is 6.61 Å². The topological polar surface area (TPSA) is 67.8 Å². The van der Waals surface area contributed by atoms with E-state index in [1.165, 1.54) is 6.07 Å². The van der Waals surface area contributed by atoms with Crippen LogP contribution in [-0.4, -0.2) is 17.4 Å². The van der Waals surface area contributed by atoms with Gasteiger partial charge < -0.3 is 19.9 Å². The summed E-state index contributed by atoms with van der Waals surface area (Å²) in [6, 6.07) is 15.7. The molecule has 5 nitrogen and oxygen atoms in total. The summed E-state index contributed by atoms with van der Waals surface area (Å²) in [6.07, 6.45) is -4.84. The van der Waals surface area contributed by atoms with Gasteiger partial charge in [-0.3, -0.25) is 4.79 Å². The second kappa shape index (κ2) is 7.14. The van der Waals surface area contributed by atoms with E-state index in [9.17, 15) is 23.1 Å². The predicted octanol–water partition coefficient (Wildman–Crippen LogP) is 5.10. The maximum atomic E-state index is 12.7. The Balaban J connectivity index is 1.69. The number of halogens is 3. The van der Waals surface area contributed by atoms with E-state index in [-0.39, 0.29) is 29.4 Å². The highest BCUT2D eigenvalue weighted by molar-refractivity contribution is 6.08. The average Bonchev–Trinajstić information content (AvgIpc) is 2.82. The number of rotatable bonds is 3. The van der Waals surface area contributed by atoms with Crippen LogP contribution in [0.3, 0.4) is 0 Å². The molecule has 0 spiro atoms. The Morgan fingerprint density at radius 1 is 0.966 bits per heavy atom. The SMILES string of the molecule is O=C1Nc2cc(OC(F)(F)F)ccc2Oc2ccc(-c3cccc(CO)c3)cc21. The van der Waals surface area contributed by atoms with Gasteiger partial charge in [-0.25, -0.2) is 0 Å². The van der Waals surface area contributed by atoms with Crippen molar-refractivity contribution in [3.05, 3.63) is 71.8 Å². The molecule has 8 heteroatoms. The van der Waals surface area contributed by atoms with Gasteiger partial charge in [-0.15, -0.1) is 13.2 Å². The molecule has 1 aliphatic heterocycles. The number of fused-ring (bicyclic) bond motifs is 2. The Kier molecular flexibility index (Phi) is 4.63. The zero-order valence-corrected chi connectivity index (χ0v) is 14.8. The second-order valence-electron chi connectivity index (χ2n) is 6.33. The zero-order valence-electron chi connectivity index (χ0n) is 14.8. The summed E-state index contributed by atoms with van der Waals surface area (Å²) >= 11 is 0. The molecule has 148 valence electrons. The number of hydrogen-bond donors (Lipinski definition) is 2. The number of nitrogens with one attached hydrogen (secondary N) is 1. The van der Waals surface area contributed by atoms with Crippen LogP contribution in [0.1, 0.15) is 15.9 Å². The lowest BCUT2D eigenvalue weighted by Crippen LogP contribution is -2.17. The smallest absolute Gasteiger partial charge is 0.454 e. The molecular weight excluding hydrogens is 387 g/mol. The first-order valence-electron chi connectivity index (χ1n) is 8.55. The van der Waals surface area contributed by atoms with E-state index < -0.39 is 18.0 Å². The highest BCUT2D eigenvalue weighted by Crippen LogP contribution is 2.40. The van der Waals surface area contributed by atoms with Crippen LogP contribution in [0, 0.1) is 0 Å². The molecule has 1 amide bonds. The van der Waals surface area contributed by atoms with Crippen LogP contribution in [0.2, 0.25) is 0 Å². The summed E-state index contributed by atoms with van der Waals surface area (Å²) in [4.78, 5) is 12.7. The van der Waals surface area contributed by atoms with Crippen molar-refractivity contribution >= 4 is 11.6 Å². The van der Waals surface area contributed by atoms with Crippen molar-refractivity contribution in [2.45, 2.75) is 13.0 Å². The minimum Gasteiger partial charge on any atom is -0.454 e. The third-order valence-electron chi connectivity index (χ3n) is 4.32. The van der Waals surface area contributed by atoms with Crippen molar-refractivity contribution in [2.75, 3.05) is 5.32 Å². The normalized spacial score (nSPS) is 12.9. The number of benzene rings is 3. The monoisotopic (exact) mass is 401 g/mol. The summed E-state index contributed by atoms with van der Waals surface area (Å²) < 4.78 is 47.0. The van der Waals surface area contributed by atoms with Crippen molar-refractivity contribution in [3.63, 3.8) is 0 Å². The largest absolute Gasteiger partial charge is 0.573 e. The molecule has 0 atom stereocenters. The third-order valence-corrected chi connectivity index (χ3v) is 4.32. The van der Waals surface area contributed by atoms with Crippen molar-refractivity contribution in [2.24, 2.45) is 0 Å². The maximum absolute atomic E-state index is 12.7. The van der Waals surface area contributed by atoms with Gasteiger partial charge in [0.25, 0.3) is 5.91 Å². The molecule has 0 unspecified atom stereocenters. The van der Waals surface area contributed by atoms with Crippen molar-refractivity contribution < 1.29 is 32.5 Å². The molecule has 0 radical (unpaired) electrons. The van der Waals surface area contributed by atoms with Gasteiger partial charge in [0.05, 0.1) is 17.9 Å². The number of aliphatic hydroxyl groups excluding tert-OH is 1. The summed E-state index contributed by atoms with van der Waals surface area (Å²) in [6.45, 7) is -0.111. The van der Waals surface area contributed by atoms with Crippen LogP contribution in [0.15, 0.2) is 60.7 Å². The molecule has 1 aliphatic rings. The van der Waals surface area contributed by atoms with E-state index in [0.29, 0.717) is 0 Å². The van der Waals surface area contributed by atoms with Gasteiger partial charge >= 0.3 is 6.36 Å². The second-order valence-corrected chi connectivity index (χ2v) is 6.33. The van der Waals surface area contributed by atoms with Crippen LogP contribution in [0.5, 0.6) is 17.2 Å². The Morgan fingerprint density at radius 3 is 2.48 bits per heavy atom. The van der Waals surface area contributed by atoms with E-state index >= 15 is 0 Å². The molecule has 0 aromatic heterocycles. The predicted molar refractivity (Wildman–Crippen MR) is 99.0 cm³/mol. The molecule has 0 saturated heterocycles. The fraction of sp³-hybridized carbons (Fsp3) is 0.0952. The van der Waals surface area contributed by atoms with Crippen molar-refractivity contribution in [3.8, 4) is 28.4 Å². The molecule has 0 bridgehead atoms. The number of ether oxygens (including phenoxy) is 2. The maximum Gasteiger partial charge on any atom is 0.573 e. The van der Waals surface area contributed by atoms with Gasteiger partial charge in [-0.05, 0) is 47.0 Å². The number of amides is 1. The Morgan fingerprint density at radius 2 is 1.72 bits per heavy atom. The minimum atomic E-state index is -4.84. The molecule has 0 saturated carbocycles. The van der Waals surface area contributed by atoms with Crippen molar-refractivity contribution in [1.82, 2.24) is 0 Å². The standard InChI is InChI=1S/C21H14F3NO4/c22-21(23,24)29-15-5-7-19-17(10-15)25-20(27)16-9-14(4-6-18(16)28-19)13-3-1-2-12(8-13)11-26/h1-10,26H,11H2,(H,25,27). The summed E-state index contributed by atoms with van der Waals surface area (Å²) in [7, 11) is 0. The lowest BCUT2D eigenvalue weighted by atomic mass is 10.0. The number of aliphatic hydroxyl groups is 1. The number of anilines is 1. The van der Waals surface area contributed by atoms with Crippen LogP contribution in [0.4, 0.5) is 18.9 Å². The van der Waals surface area contributed by atoms with Gasteiger partial charge in [0.15, 0.2) is 5.75 Å². The lowest BCUT2D eigenvalue weighted by Gasteiger charge is -2.12. The van der Waals surface area contributed by atoms with E-state index in [1.807, 2.05) is 6.07 Å². The van der Waals surface area contributed by atoms with E-state index in [1.54, 1.807) is 36.4 Å². The van der Waals surface area contributed by atoms with Gasteiger partial charge in [-0.2, -0.15) is 0 Å². The number of hydrogen-bond acceptors (Lipinski definition) is 4. The number of carbonyl (C=O) groups is 1. The highest BCUT2D eigenvalue weighted by Gasteiger charge is 2.32. The quantitative estimate of drug-likeness (QED) is 0.641. The molecule has 4 rings (SSSR count). The number of alkyl halides is 3. The van der Waals surface area contributed by atoms with Crippen LogP contribution in [0.25, 0.3) is 11.1 Å². The Bertz CT molecular complexity index is 1100. The van der Waals surface area contributed by atoms with Crippen molar-refractivity contribution in [1.29, 1.82) is 0 Å². The summed E-state index contributed by atoms with van der Waals surface area (Å²) in [5, 5.41) is 11.9. The fourth-order valence-corrected chi connectivity index (χ4v) is 3.03. The van der Waals surface area contributed by atoms with E-state index in [2.05, 4.69) is 10.1 Å². The van der Waals surface area contributed by atoms with Crippen LogP contribution >= 0.6 is 0 Å². The molecule has 3 aromatic rings. The molecular formula is C21H14F3NO4. The molecule has 2 N–H and O–H groups in total. The summed E-state index contributed by atoms with van der Waals surface area (Å²) in [5.74, 6) is -0.523. The third kappa shape index (κ3) is 4.02. The number of carbonyl (C=O) groups excluding carboxylic acids is 1. The highest BCUT2D eigenvalue weighted by atomic mass is 19.4. The zero-order chi connectivity index (χ0) is 20.6. The van der Waals surface area contributed by atoms with Gasteiger partial charge in [0, 0.05) is 6.07 Å². The molecule has 1 heterocycles. The van der Waals surface area contributed by atoms with Gasteiger partial charge in [-0.1, -0.05) is 24.3 Å². The van der Waals surface area contributed by atoms with E-state index in [0.717, 1.165) is 28.8 Å². The first-order chi connectivity index (χ1) is 13.8. The lowest BCUT2D eigenvalue weighted by molar-refractivity contribution is -0.274. The Hall–Kier alpha value is -3.52. The first kappa shape index (κ1) is 18.8. The molecule has 3 aromatic carbocycles. The Labute approximate surface area is 163 Å². The first-order valence-corrected chi connectivity index (χ1v) is 8.55. The molecule has 0 fully saturated rings. The minimum absolute atomic E-state index is 0.0665. The van der Waals surface area contributed by atoms with Gasteiger partial charge in [0.2, 0.25) is 0 Å². The van der Waals surface area contributed by atoms with Gasteiger partial charge in [0.1, 0.15) is 11.5 Å². The molecule has 0 aliphatic carbocycles. The summed E-state index contributed by atoms with van der Waals surface area (Å²) in [5.41, 5.74) is 2.55. The average molecular weight is 401 g/mol. The fourth-order valence-electron chi connectivity index (χ4n) is 3.03. The van der Waals surface area contributed by atoms with Crippen LogP contribution < -0.4 is 14.8 Å².